The highest BCUT2D eigenvalue weighted by Gasteiger charge is 2.36. The van der Waals surface area contributed by atoms with Crippen molar-refractivity contribution in [2.75, 3.05) is 25.1 Å². The normalized spacial score (nSPS) is 19.8. The van der Waals surface area contributed by atoms with Crippen molar-refractivity contribution in [2.45, 2.75) is 18.9 Å². The Hall–Kier alpha value is -3.79. The highest BCUT2D eigenvalue weighted by Crippen LogP contribution is 2.38. The summed E-state index contributed by atoms with van der Waals surface area (Å²) in [6, 6.07) is 15.3. The first-order valence-electron chi connectivity index (χ1n) is 10.3. The third-order valence-corrected chi connectivity index (χ3v) is 6.01. The van der Waals surface area contributed by atoms with Gasteiger partial charge in [-0.15, -0.1) is 0 Å². The van der Waals surface area contributed by atoms with Crippen LogP contribution in [-0.2, 0) is 6.54 Å². The molecule has 0 spiro atoms. The molecule has 1 aromatic carbocycles. The molecule has 2 atom stereocenters. The third kappa shape index (κ3) is 3.61. The monoisotopic (exact) mass is 414 g/mol. The van der Waals surface area contributed by atoms with Gasteiger partial charge in [0.25, 0.3) is 5.56 Å². The quantitative estimate of drug-likeness (QED) is 0.650. The van der Waals surface area contributed by atoms with Crippen LogP contribution in [0, 0.1) is 17.2 Å². The van der Waals surface area contributed by atoms with Crippen LogP contribution < -0.4 is 15.2 Å². The predicted molar refractivity (Wildman–Crippen MR) is 117 cm³/mol. The first kappa shape index (κ1) is 19.2. The maximum Gasteiger partial charge on any atom is 0.250 e. The maximum atomic E-state index is 12.2. The molecule has 0 unspecified atom stereocenters. The van der Waals surface area contributed by atoms with Crippen LogP contribution in [0.15, 0.2) is 51.7 Å². The molecule has 0 amide bonds. The van der Waals surface area contributed by atoms with Crippen LogP contribution in [0.4, 0.5) is 5.88 Å². The number of oxazole rings is 1. The van der Waals surface area contributed by atoms with Gasteiger partial charge in [-0.25, -0.2) is 0 Å². The number of hydrogen-bond donors (Lipinski definition) is 0. The number of anilines is 1. The van der Waals surface area contributed by atoms with Gasteiger partial charge in [0.05, 0.1) is 7.11 Å². The zero-order valence-electron chi connectivity index (χ0n) is 17.2. The van der Waals surface area contributed by atoms with Crippen LogP contribution in [0.25, 0.3) is 12.2 Å². The number of methoxy groups -OCH3 is 1. The molecule has 5 rings (SSSR count). The van der Waals surface area contributed by atoms with Crippen LogP contribution in [0.1, 0.15) is 35.2 Å². The summed E-state index contributed by atoms with van der Waals surface area (Å²) >= 11 is 0. The standard InChI is InChI=1S/C24H22N4O3/c1-30-19-5-2-4-16(11-19)8-9-22-26-20(12-25)24(31-22)27-13-17-10-18(15-27)21-6-3-7-23(29)28(21)14-17/h2-9,11,17-18H,10,13-15H2,1H3/t17-,18+/m1/s1. The van der Waals surface area contributed by atoms with Crippen molar-refractivity contribution in [3.63, 3.8) is 0 Å². The van der Waals surface area contributed by atoms with E-state index in [9.17, 15) is 10.1 Å². The molecule has 1 saturated heterocycles. The highest BCUT2D eigenvalue weighted by molar-refractivity contribution is 5.68. The van der Waals surface area contributed by atoms with E-state index in [0.717, 1.165) is 30.0 Å². The molecule has 2 bridgehead atoms. The van der Waals surface area contributed by atoms with Gasteiger partial charge in [-0.3, -0.25) is 4.79 Å². The summed E-state index contributed by atoms with van der Waals surface area (Å²) in [6.45, 7) is 2.13. The Labute approximate surface area is 179 Å². The molecule has 2 aliphatic rings. The zero-order valence-corrected chi connectivity index (χ0v) is 17.2. The number of pyridine rings is 1. The summed E-state index contributed by atoms with van der Waals surface area (Å²) in [4.78, 5) is 18.7. The average molecular weight is 414 g/mol. The summed E-state index contributed by atoms with van der Waals surface area (Å²) in [5.74, 6) is 2.23. The fourth-order valence-corrected chi connectivity index (χ4v) is 4.66. The number of nitriles is 1. The van der Waals surface area contributed by atoms with Crippen LogP contribution in [-0.4, -0.2) is 29.8 Å². The van der Waals surface area contributed by atoms with E-state index in [0.29, 0.717) is 30.8 Å². The first-order chi connectivity index (χ1) is 15.1. The molecule has 2 aromatic heterocycles. The Balaban J connectivity index is 1.41. The van der Waals surface area contributed by atoms with Crippen molar-refractivity contribution in [2.24, 2.45) is 5.92 Å². The van der Waals surface area contributed by atoms with E-state index in [2.05, 4.69) is 16.0 Å². The Kier molecular flexibility index (Phi) is 4.83. The SMILES string of the molecule is COc1cccc(C=Cc2nc(C#N)c(N3C[C@H]4C[C@@H](C3)c3cccc(=O)n3C4)o2)c1. The topological polar surface area (TPSA) is 84.3 Å². The summed E-state index contributed by atoms with van der Waals surface area (Å²) in [7, 11) is 1.63. The number of piperidine rings is 1. The molecule has 0 saturated carbocycles. The summed E-state index contributed by atoms with van der Waals surface area (Å²) in [5.41, 5.74) is 2.36. The molecular formula is C24H22N4O3. The summed E-state index contributed by atoms with van der Waals surface area (Å²) in [5, 5.41) is 9.63. The molecule has 3 aromatic rings. The number of aromatic nitrogens is 2. The first-order valence-corrected chi connectivity index (χ1v) is 10.3. The van der Waals surface area contributed by atoms with Gasteiger partial charge in [0.2, 0.25) is 17.5 Å². The molecule has 0 aliphatic carbocycles. The lowest BCUT2D eigenvalue weighted by Crippen LogP contribution is -2.47. The van der Waals surface area contributed by atoms with Crippen LogP contribution in [0.5, 0.6) is 5.75 Å². The second-order valence-electron chi connectivity index (χ2n) is 8.03. The Morgan fingerprint density at radius 1 is 1.19 bits per heavy atom. The minimum absolute atomic E-state index is 0.0583. The number of fused-ring (bicyclic) bond motifs is 4. The minimum atomic E-state index is 0.0583. The number of nitrogens with zero attached hydrogens (tertiary/aromatic N) is 4. The molecule has 31 heavy (non-hydrogen) atoms. The second kappa shape index (κ2) is 7.80. The molecular weight excluding hydrogens is 392 g/mol. The number of rotatable bonds is 4. The highest BCUT2D eigenvalue weighted by atomic mass is 16.5. The van der Waals surface area contributed by atoms with Crippen molar-refractivity contribution in [1.29, 1.82) is 5.26 Å². The van der Waals surface area contributed by atoms with Crippen LogP contribution >= 0.6 is 0 Å². The number of benzene rings is 1. The fraction of sp³-hybridized carbons (Fsp3) is 0.292. The molecule has 0 N–H and O–H groups in total. The minimum Gasteiger partial charge on any atom is -0.497 e. The van der Waals surface area contributed by atoms with E-state index < -0.39 is 0 Å². The average Bonchev–Trinajstić information content (AvgIpc) is 3.22. The van der Waals surface area contributed by atoms with E-state index in [4.69, 9.17) is 9.15 Å². The number of ether oxygens (including phenoxy) is 1. The van der Waals surface area contributed by atoms with Crippen LogP contribution in [0.2, 0.25) is 0 Å². The van der Waals surface area contributed by atoms with E-state index in [-0.39, 0.29) is 17.2 Å². The largest absolute Gasteiger partial charge is 0.497 e. The molecule has 7 nitrogen and oxygen atoms in total. The smallest absolute Gasteiger partial charge is 0.250 e. The molecule has 156 valence electrons. The van der Waals surface area contributed by atoms with Gasteiger partial charge in [0.1, 0.15) is 11.8 Å². The molecule has 2 aliphatic heterocycles. The molecule has 1 fully saturated rings. The summed E-state index contributed by atoms with van der Waals surface area (Å²) in [6.07, 6.45) is 4.68. The lowest BCUT2D eigenvalue weighted by atomic mass is 9.83. The van der Waals surface area contributed by atoms with Gasteiger partial charge in [0.15, 0.2) is 0 Å². The molecule has 0 radical (unpaired) electrons. The zero-order chi connectivity index (χ0) is 21.4. The Morgan fingerprint density at radius 3 is 2.90 bits per heavy atom. The number of hydrogen-bond acceptors (Lipinski definition) is 6. The van der Waals surface area contributed by atoms with Gasteiger partial charge >= 0.3 is 0 Å². The Morgan fingerprint density at radius 2 is 2.06 bits per heavy atom. The molecule has 4 heterocycles. The van der Waals surface area contributed by atoms with E-state index >= 15 is 0 Å². The van der Waals surface area contributed by atoms with Gasteiger partial charge in [0, 0.05) is 43.4 Å². The van der Waals surface area contributed by atoms with Gasteiger partial charge in [-0.05, 0) is 42.2 Å². The van der Waals surface area contributed by atoms with Crippen molar-refractivity contribution < 1.29 is 9.15 Å². The third-order valence-electron chi connectivity index (χ3n) is 6.01. The lowest BCUT2D eigenvalue weighted by Gasteiger charge is -2.42. The van der Waals surface area contributed by atoms with Gasteiger partial charge in [-0.1, -0.05) is 18.2 Å². The fourth-order valence-electron chi connectivity index (χ4n) is 4.66. The molecule has 7 heteroatoms. The van der Waals surface area contributed by atoms with Crippen molar-refractivity contribution in [3.05, 3.63) is 75.7 Å². The van der Waals surface area contributed by atoms with E-state index in [1.54, 1.807) is 19.3 Å². The van der Waals surface area contributed by atoms with Gasteiger partial charge < -0.3 is 18.6 Å². The second-order valence-corrected chi connectivity index (χ2v) is 8.03. The lowest BCUT2D eigenvalue weighted by molar-refractivity contribution is 0.275. The van der Waals surface area contributed by atoms with Crippen LogP contribution in [0.3, 0.4) is 0 Å². The maximum absolute atomic E-state index is 12.2. The van der Waals surface area contributed by atoms with Gasteiger partial charge in [-0.2, -0.15) is 10.2 Å². The van der Waals surface area contributed by atoms with Crippen molar-refractivity contribution in [3.8, 4) is 11.8 Å². The summed E-state index contributed by atoms with van der Waals surface area (Å²) < 4.78 is 13.2. The Bertz CT molecular complexity index is 1250. The van der Waals surface area contributed by atoms with E-state index in [1.165, 1.54) is 0 Å². The van der Waals surface area contributed by atoms with Crippen molar-refractivity contribution in [1.82, 2.24) is 9.55 Å². The predicted octanol–water partition coefficient (Wildman–Crippen LogP) is 3.51. The van der Waals surface area contributed by atoms with Crippen molar-refractivity contribution >= 4 is 18.0 Å². The van der Waals surface area contributed by atoms with E-state index in [1.807, 2.05) is 47.0 Å².